The van der Waals surface area contributed by atoms with Crippen molar-refractivity contribution in [3.63, 3.8) is 0 Å². The number of aromatic nitrogens is 4. The molecule has 1 fully saturated rings. The van der Waals surface area contributed by atoms with Gasteiger partial charge in [-0.3, -0.25) is 4.79 Å². The summed E-state index contributed by atoms with van der Waals surface area (Å²) in [5.41, 5.74) is 5.22. The number of nitrogens with two attached hydrogens (primary N) is 1. The minimum Gasteiger partial charge on any atom is -0.493 e. The predicted octanol–water partition coefficient (Wildman–Crippen LogP) is 0.384. The summed E-state index contributed by atoms with van der Waals surface area (Å²) in [7, 11) is 2.47. The van der Waals surface area contributed by atoms with E-state index in [0.29, 0.717) is 19.5 Å². The third kappa shape index (κ3) is 4.10. The van der Waals surface area contributed by atoms with Crippen molar-refractivity contribution in [1.29, 1.82) is 0 Å². The molecule has 0 saturated carbocycles. The second-order valence-electron chi connectivity index (χ2n) is 7.60. The minimum atomic E-state index is -0.999. The Labute approximate surface area is 198 Å². The SMILES string of the molecule is CC#CC(=O)N1CC[C@H]([n+]2cc(C#Cc3c(F)c(OC)cc(OC)c3F)c3c(N)n[nH]c(=O)n32)C1. The van der Waals surface area contributed by atoms with Crippen LogP contribution in [0.4, 0.5) is 14.6 Å². The topological polar surface area (TPSA) is 119 Å². The van der Waals surface area contributed by atoms with Crippen molar-refractivity contribution >= 4 is 17.2 Å². The summed E-state index contributed by atoms with van der Waals surface area (Å²) in [5.74, 6) is 7.40. The number of methoxy groups -OCH3 is 2. The Kier molecular flexibility index (Phi) is 6.30. The summed E-state index contributed by atoms with van der Waals surface area (Å²) in [6.07, 6.45) is 2.08. The number of nitrogen functional groups attached to an aromatic ring is 1. The van der Waals surface area contributed by atoms with Crippen LogP contribution in [0.3, 0.4) is 0 Å². The van der Waals surface area contributed by atoms with Crippen molar-refractivity contribution in [1.82, 2.24) is 19.6 Å². The second kappa shape index (κ2) is 9.35. The number of hydrogen-bond donors (Lipinski definition) is 2. The molecule has 0 bridgehead atoms. The fraction of sp³-hybridized carbons (Fsp3) is 0.304. The molecule has 1 atom stereocenters. The second-order valence-corrected chi connectivity index (χ2v) is 7.60. The quantitative estimate of drug-likeness (QED) is 0.411. The van der Waals surface area contributed by atoms with Crippen LogP contribution in [0.2, 0.25) is 0 Å². The number of benzene rings is 1. The lowest BCUT2D eigenvalue weighted by Gasteiger charge is -2.10. The van der Waals surface area contributed by atoms with Gasteiger partial charge in [-0.2, -0.15) is 5.10 Å². The molecule has 180 valence electrons. The lowest BCUT2D eigenvalue weighted by molar-refractivity contribution is -0.781. The lowest BCUT2D eigenvalue weighted by Crippen LogP contribution is -2.50. The van der Waals surface area contributed by atoms with Gasteiger partial charge in [-0.1, -0.05) is 27.0 Å². The standard InChI is InChI=1S/C23H20F2N6O4/c1-4-5-18(32)29-9-8-14(12-29)30-11-13(21-22(26)27-28-23(33)31(21)30)6-7-15-19(24)16(34-2)10-17(35-3)20(15)25/h10-11,14H,8-9,12,26H2,1-3H3/p+1/t14-/m0/s1. The van der Waals surface area contributed by atoms with Gasteiger partial charge in [0, 0.05) is 19.0 Å². The number of halogens is 2. The van der Waals surface area contributed by atoms with Crippen molar-refractivity contribution in [3.05, 3.63) is 45.5 Å². The summed E-state index contributed by atoms with van der Waals surface area (Å²) >= 11 is 0. The lowest BCUT2D eigenvalue weighted by atomic mass is 10.1. The Hall–Kier alpha value is -4.58. The fourth-order valence-electron chi connectivity index (χ4n) is 3.96. The highest BCUT2D eigenvalue weighted by Crippen LogP contribution is 2.31. The average molecular weight is 483 g/mol. The molecule has 12 heteroatoms. The largest absolute Gasteiger partial charge is 0.493 e. The molecule has 1 amide bonds. The molecule has 1 aromatic carbocycles. The maximum Gasteiger partial charge on any atom is 0.396 e. The number of carbonyl (C=O) groups is 1. The van der Waals surface area contributed by atoms with Crippen LogP contribution in [-0.4, -0.2) is 52.8 Å². The number of ether oxygens (including phenoxy) is 2. The van der Waals surface area contributed by atoms with Gasteiger partial charge in [0.1, 0.15) is 11.1 Å². The van der Waals surface area contributed by atoms with Crippen LogP contribution in [0.15, 0.2) is 17.1 Å². The summed E-state index contributed by atoms with van der Waals surface area (Å²) in [5, 5.41) is 6.09. The van der Waals surface area contributed by atoms with Crippen molar-refractivity contribution in [2.75, 3.05) is 33.0 Å². The predicted molar refractivity (Wildman–Crippen MR) is 120 cm³/mol. The number of likely N-dealkylation sites (tertiary alicyclic amines) is 1. The number of nitrogens with zero attached hydrogens (tertiary/aromatic N) is 4. The number of rotatable bonds is 3. The van der Waals surface area contributed by atoms with Crippen LogP contribution in [-0.2, 0) is 4.79 Å². The molecule has 3 N–H and O–H groups in total. The highest BCUT2D eigenvalue weighted by Gasteiger charge is 2.36. The number of aromatic amines is 1. The van der Waals surface area contributed by atoms with E-state index in [9.17, 15) is 18.4 Å². The van der Waals surface area contributed by atoms with E-state index < -0.39 is 22.9 Å². The van der Waals surface area contributed by atoms with Gasteiger partial charge in [0.15, 0.2) is 34.5 Å². The highest BCUT2D eigenvalue weighted by molar-refractivity contribution is 5.93. The Bertz CT molecular complexity index is 1490. The van der Waals surface area contributed by atoms with Gasteiger partial charge >= 0.3 is 5.69 Å². The number of hydrogen-bond acceptors (Lipinski definition) is 6. The van der Waals surface area contributed by atoms with Gasteiger partial charge in [0.05, 0.1) is 20.8 Å². The van der Waals surface area contributed by atoms with E-state index in [2.05, 4.69) is 33.9 Å². The molecule has 4 rings (SSSR count). The summed E-state index contributed by atoms with van der Waals surface area (Å²) in [6, 6.07) is 0.781. The summed E-state index contributed by atoms with van der Waals surface area (Å²) in [4.78, 5) is 26.4. The molecular weight excluding hydrogens is 462 g/mol. The van der Waals surface area contributed by atoms with Crippen LogP contribution in [0, 0.1) is 35.3 Å². The number of fused-ring (bicyclic) bond motifs is 1. The smallest absolute Gasteiger partial charge is 0.396 e. The molecule has 0 radical (unpaired) electrons. The van der Waals surface area contributed by atoms with E-state index in [1.165, 1.54) is 24.9 Å². The van der Waals surface area contributed by atoms with Crippen LogP contribution in [0.25, 0.3) is 5.52 Å². The molecule has 1 aliphatic heterocycles. The number of carbonyl (C=O) groups excluding carboxylic acids is 1. The van der Waals surface area contributed by atoms with Crippen LogP contribution in [0.1, 0.15) is 30.5 Å². The molecule has 3 aromatic rings. The molecule has 1 saturated heterocycles. The molecule has 35 heavy (non-hydrogen) atoms. The molecule has 0 unspecified atom stereocenters. The number of H-pyrrole nitrogens is 1. The van der Waals surface area contributed by atoms with E-state index >= 15 is 0 Å². The first kappa shape index (κ1) is 23.6. The maximum absolute atomic E-state index is 14.8. The van der Waals surface area contributed by atoms with E-state index in [0.717, 1.165) is 6.07 Å². The molecule has 0 spiro atoms. The van der Waals surface area contributed by atoms with E-state index in [-0.39, 0.29) is 40.3 Å². The van der Waals surface area contributed by atoms with Crippen LogP contribution in [0.5, 0.6) is 11.5 Å². The Morgan fingerprint density at radius 3 is 2.57 bits per heavy atom. The van der Waals surface area contributed by atoms with Crippen molar-refractivity contribution in [2.45, 2.75) is 19.4 Å². The summed E-state index contributed by atoms with van der Waals surface area (Å²) < 4.78 is 42.3. The van der Waals surface area contributed by atoms with E-state index in [1.807, 2.05) is 0 Å². The number of amides is 1. The van der Waals surface area contributed by atoms with Gasteiger partial charge in [-0.15, -0.1) is 0 Å². The van der Waals surface area contributed by atoms with Gasteiger partial charge < -0.3 is 20.1 Å². The van der Waals surface area contributed by atoms with E-state index in [4.69, 9.17) is 15.2 Å². The molecule has 10 nitrogen and oxygen atoms in total. The van der Waals surface area contributed by atoms with Crippen molar-refractivity contribution in [3.8, 4) is 35.2 Å². The van der Waals surface area contributed by atoms with Crippen molar-refractivity contribution in [2.24, 2.45) is 0 Å². The molecule has 0 aliphatic carbocycles. The normalized spacial score (nSPS) is 14.8. The van der Waals surface area contributed by atoms with Gasteiger partial charge in [-0.05, 0) is 12.8 Å². The van der Waals surface area contributed by atoms with Crippen LogP contribution >= 0.6 is 0 Å². The molecule has 3 heterocycles. The van der Waals surface area contributed by atoms with Gasteiger partial charge in [0.25, 0.3) is 5.91 Å². The monoisotopic (exact) mass is 483 g/mol. The van der Waals surface area contributed by atoms with E-state index in [1.54, 1.807) is 16.5 Å². The highest BCUT2D eigenvalue weighted by atomic mass is 19.1. The number of anilines is 1. The Morgan fingerprint density at radius 2 is 1.94 bits per heavy atom. The third-order valence-electron chi connectivity index (χ3n) is 5.62. The zero-order chi connectivity index (χ0) is 25.3. The molecule has 1 aliphatic rings. The first-order valence-corrected chi connectivity index (χ1v) is 10.4. The van der Waals surface area contributed by atoms with Crippen LogP contribution < -0.4 is 25.6 Å². The third-order valence-corrected chi connectivity index (χ3v) is 5.62. The Balaban J connectivity index is 1.85. The zero-order valence-corrected chi connectivity index (χ0v) is 19.1. The Morgan fingerprint density at radius 1 is 1.26 bits per heavy atom. The van der Waals surface area contributed by atoms with Gasteiger partial charge in [-0.25, -0.2) is 18.7 Å². The minimum absolute atomic E-state index is 0.0420. The first-order valence-electron chi connectivity index (χ1n) is 10.4. The number of nitrogens with one attached hydrogen (secondary N) is 1. The first-order chi connectivity index (χ1) is 16.8. The molecular formula is C23H21F2N6O4+. The van der Waals surface area contributed by atoms with Crippen molar-refractivity contribution < 1.29 is 27.7 Å². The molecule has 2 aromatic heterocycles. The average Bonchev–Trinajstić information content (AvgIpc) is 3.48. The summed E-state index contributed by atoms with van der Waals surface area (Å²) in [6.45, 7) is 2.32. The maximum atomic E-state index is 14.8. The zero-order valence-electron chi connectivity index (χ0n) is 19.1. The fourth-order valence-corrected chi connectivity index (χ4v) is 3.96. The van der Waals surface area contributed by atoms with Gasteiger partial charge in [0.2, 0.25) is 12.2 Å².